The van der Waals surface area contributed by atoms with Crippen molar-refractivity contribution in [1.29, 1.82) is 0 Å². The normalized spacial score (nSPS) is 12.2. The number of nitrogens with zero attached hydrogens (tertiary/aromatic N) is 2. The van der Waals surface area contributed by atoms with Crippen LogP contribution in [0.2, 0.25) is 5.02 Å². The second-order valence-electron chi connectivity index (χ2n) is 6.94. The van der Waals surface area contributed by atoms with E-state index in [0.29, 0.717) is 21.4 Å². The highest BCUT2D eigenvalue weighted by molar-refractivity contribution is 7.92. The summed E-state index contributed by atoms with van der Waals surface area (Å²) in [4.78, 5) is 26.9. The Morgan fingerprint density at radius 1 is 1.16 bits per heavy atom. The number of carbonyl (C=O) groups is 2. The summed E-state index contributed by atoms with van der Waals surface area (Å²) >= 11 is 6.03. The maximum absolute atomic E-state index is 14.3. The third kappa shape index (κ3) is 6.67. The summed E-state index contributed by atoms with van der Waals surface area (Å²) in [5, 5.41) is 3.11. The van der Waals surface area contributed by atoms with E-state index in [1.165, 1.54) is 23.1 Å². The molecule has 0 saturated carbocycles. The minimum Gasteiger partial charge on any atom is -0.355 e. The summed E-state index contributed by atoms with van der Waals surface area (Å²) < 4.78 is 39.7. The summed E-state index contributed by atoms with van der Waals surface area (Å²) in [6.45, 7) is 3.02. The first-order chi connectivity index (χ1) is 14.5. The average Bonchev–Trinajstić information content (AvgIpc) is 2.69. The lowest BCUT2D eigenvalue weighted by atomic mass is 10.1. The molecule has 0 aliphatic rings. The van der Waals surface area contributed by atoms with Crippen LogP contribution in [0.3, 0.4) is 0 Å². The molecular formula is C21H25ClFN3O4S. The van der Waals surface area contributed by atoms with Gasteiger partial charge in [-0.05, 0) is 43.7 Å². The molecule has 2 aromatic rings. The van der Waals surface area contributed by atoms with Gasteiger partial charge in [0.2, 0.25) is 21.8 Å². The van der Waals surface area contributed by atoms with Crippen LogP contribution in [0, 0.1) is 5.82 Å². The van der Waals surface area contributed by atoms with Crippen LogP contribution < -0.4 is 9.62 Å². The highest BCUT2D eigenvalue weighted by atomic mass is 35.5. The Kier molecular flexibility index (Phi) is 8.41. The third-order valence-electron chi connectivity index (χ3n) is 4.56. The van der Waals surface area contributed by atoms with Crippen molar-refractivity contribution in [2.75, 3.05) is 23.7 Å². The van der Waals surface area contributed by atoms with Crippen LogP contribution in [0.4, 0.5) is 10.1 Å². The van der Waals surface area contributed by atoms with E-state index in [-0.39, 0.29) is 12.2 Å². The predicted octanol–water partition coefficient (Wildman–Crippen LogP) is 2.80. The second kappa shape index (κ2) is 10.6. The van der Waals surface area contributed by atoms with Gasteiger partial charge in [0.25, 0.3) is 0 Å². The topological polar surface area (TPSA) is 86.8 Å². The van der Waals surface area contributed by atoms with Gasteiger partial charge in [0.05, 0.1) is 11.9 Å². The van der Waals surface area contributed by atoms with Crippen LogP contribution in [0.15, 0.2) is 48.5 Å². The molecule has 0 aliphatic carbocycles. The van der Waals surface area contributed by atoms with E-state index in [1.807, 2.05) is 0 Å². The molecule has 2 aromatic carbocycles. The summed E-state index contributed by atoms with van der Waals surface area (Å²) in [5.74, 6) is -1.83. The van der Waals surface area contributed by atoms with Gasteiger partial charge < -0.3 is 10.2 Å². The van der Waals surface area contributed by atoms with Gasteiger partial charge in [0.15, 0.2) is 0 Å². The average molecular weight is 470 g/mol. The molecule has 0 heterocycles. The number of carbonyl (C=O) groups excluding carboxylic acids is 2. The zero-order valence-corrected chi connectivity index (χ0v) is 19.1. The Bertz CT molecular complexity index is 1050. The fraction of sp³-hybridized carbons (Fsp3) is 0.333. The molecule has 0 radical (unpaired) electrons. The molecule has 2 rings (SSSR count). The number of anilines is 1. The molecule has 0 spiro atoms. The molecule has 168 valence electrons. The number of amides is 2. The molecule has 0 aliphatic heterocycles. The number of para-hydroxylation sites is 1. The number of benzene rings is 2. The van der Waals surface area contributed by atoms with Crippen LogP contribution in [0.5, 0.6) is 0 Å². The third-order valence-corrected chi connectivity index (χ3v) is 5.92. The second-order valence-corrected chi connectivity index (χ2v) is 9.29. The zero-order chi connectivity index (χ0) is 23.2. The van der Waals surface area contributed by atoms with Gasteiger partial charge in [-0.3, -0.25) is 13.9 Å². The van der Waals surface area contributed by atoms with E-state index < -0.39 is 40.2 Å². The Hall–Kier alpha value is -2.65. The molecule has 0 aromatic heterocycles. The van der Waals surface area contributed by atoms with Crippen molar-refractivity contribution >= 4 is 39.1 Å². The SMILES string of the molecule is CCNC(=O)C(C)N(Cc1cccc(Cl)c1)C(=O)CN(c1ccccc1F)S(C)(=O)=O. The fourth-order valence-corrected chi connectivity index (χ4v) is 4.05. The molecule has 1 atom stereocenters. The van der Waals surface area contributed by atoms with E-state index in [4.69, 9.17) is 11.6 Å². The molecule has 1 N–H and O–H groups in total. The van der Waals surface area contributed by atoms with Crippen molar-refractivity contribution in [2.24, 2.45) is 0 Å². The van der Waals surface area contributed by atoms with E-state index in [9.17, 15) is 22.4 Å². The van der Waals surface area contributed by atoms with Gasteiger partial charge in [-0.15, -0.1) is 0 Å². The molecule has 0 saturated heterocycles. The van der Waals surface area contributed by atoms with Crippen LogP contribution in [0.1, 0.15) is 19.4 Å². The molecular weight excluding hydrogens is 445 g/mol. The number of hydrogen-bond donors (Lipinski definition) is 1. The van der Waals surface area contributed by atoms with Crippen molar-refractivity contribution in [3.8, 4) is 0 Å². The quantitative estimate of drug-likeness (QED) is 0.611. The van der Waals surface area contributed by atoms with E-state index in [2.05, 4.69) is 5.32 Å². The molecule has 31 heavy (non-hydrogen) atoms. The Morgan fingerprint density at radius 2 is 1.84 bits per heavy atom. The van der Waals surface area contributed by atoms with Crippen molar-refractivity contribution in [3.63, 3.8) is 0 Å². The fourth-order valence-electron chi connectivity index (χ4n) is 2.99. The van der Waals surface area contributed by atoms with Gasteiger partial charge in [-0.1, -0.05) is 35.9 Å². The molecule has 0 fully saturated rings. The number of rotatable bonds is 9. The number of halogens is 2. The van der Waals surface area contributed by atoms with Crippen molar-refractivity contribution in [2.45, 2.75) is 26.4 Å². The first kappa shape index (κ1) is 24.6. The number of sulfonamides is 1. The van der Waals surface area contributed by atoms with E-state index >= 15 is 0 Å². The lowest BCUT2D eigenvalue weighted by Gasteiger charge is -2.31. The first-order valence-electron chi connectivity index (χ1n) is 9.58. The molecule has 1 unspecified atom stereocenters. The minimum absolute atomic E-state index is 0.0204. The highest BCUT2D eigenvalue weighted by Gasteiger charge is 2.30. The standard InChI is InChI=1S/C21H25ClFN3O4S/c1-4-24-21(28)15(2)25(13-16-8-7-9-17(22)12-16)20(27)14-26(31(3,29)30)19-11-6-5-10-18(19)23/h5-12,15H,4,13-14H2,1-3H3,(H,24,28). The van der Waals surface area contributed by atoms with Gasteiger partial charge in [0, 0.05) is 18.1 Å². The molecule has 7 nitrogen and oxygen atoms in total. The lowest BCUT2D eigenvalue weighted by molar-refractivity contribution is -0.139. The van der Waals surface area contributed by atoms with Crippen LogP contribution in [-0.2, 0) is 26.2 Å². The largest absolute Gasteiger partial charge is 0.355 e. The van der Waals surface area contributed by atoms with Crippen LogP contribution in [0.25, 0.3) is 0 Å². The van der Waals surface area contributed by atoms with Crippen LogP contribution >= 0.6 is 11.6 Å². The smallest absolute Gasteiger partial charge is 0.244 e. The van der Waals surface area contributed by atoms with Gasteiger partial charge >= 0.3 is 0 Å². The van der Waals surface area contributed by atoms with Gasteiger partial charge in [0.1, 0.15) is 18.4 Å². The monoisotopic (exact) mass is 469 g/mol. The van der Waals surface area contributed by atoms with Crippen molar-refractivity contribution in [3.05, 3.63) is 64.9 Å². The van der Waals surface area contributed by atoms with Crippen LogP contribution in [-0.4, -0.2) is 50.5 Å². The number of hydrogen-bond acceptors (Lipinski definition) is 4. The Labute approximate surface area is 186 Å². The van der Waals surface area contributed by atoms with Gasteiger partial charge in [-0.2, -0.15) is 0 Å². The van der Waals surface area contributed by atoms with E-state index in [1.54, 1.807) is 38.1 Å². The Morgan fingerprint density at radius 3 is 2.42 bits per heavy atom. The molecule has 10 heteroatoms. The number of likely N-dealkylation sites (N-methyl/N-ethyl adjacent to an activating group) is 1. The minimum atomic E-state index is -3.98. The van der Waals surface area contributed by atoms with E-state index in [0.717, 1.165) is 12.3 Å². The summed E-state index contributed by atoms with van der Waals surface area (Å²) in [5.41, 5.74) is 0.417. The first-order valence-corrected chi connectivity index (χ1v) is 11.8. The lowest BCUT2D eigenvalue weighted by Crippen LogP contribution is -2.51. The molecule has 0 bridgehead atoms. The maximum Gasteiger partial charge on any atom is 0.244 e. The summed E-state index contributed by atoms with van der Waals surface area (Å²) in [6.07, 6.45) is 0.890. The Balaban J connectivity index is 2.40. The number of nitrogens with one attached hydrogen (secondary N) is 1. The maximum atomic E-state index is 14.3. The zero-order valence-electron chi connectivity index (χ0n) is 17.5. The summed E-state index contributed by atoms with van der Waals surface area (Å²) in [6, 6.07) is 11.2. The summed E-state index contributed by atoms with van der Waals surface area (Å²) in [7, 11) is -3.98. The van der Waals surface area contributed by atoms with Gasteiger partial charge in [-0.25, -0.2) is 12.8 Å². The van der Waals surface area contributed by atoms with Crippen molar-refractivity contribution < 1.29 is 22.4 Å². The highest BCUT2D eigenvalue weighted by Crippen LogP contribution is 2.22. The predicted molar refractivity (Wildman–Crippen MR) is 119 cm³/mol. The van der Waals surface area contributed by atoms with Crippen molar-refractivity contribution in [1.82, 2.24) is 10.2 Å². The molecule has 2 amide bonds.